The van der Waals surface area contributed by atoms with Gasteiger partial charge in [0, 0.05) is 19.5 Å². The molecular weight excluding hydrogens is 403 g/mol. The topological polar surface area (TPSA) is 126 Å². The summed E-state index contributed by atoms with van der Waals surface area (Å²) >= 11 is 0. The number of amides is 2. The number of nitrogens with zero attached hydrogens (tertiary/aromatic N) is 3. The number of benzene rings is 2. The summed E-state index contributed by atoms with van der Waals surface area (Å²) in [6.07, 6.45) is 0.133. The number of aryl methyl sites for hydroxylation is 1. The second-order valence-corrected chi connectivity index (χ2v) is 6.92. The smallest absolute Gasteiger partial charge is 0.414 e. The van der Waals surface area contributed by atoms with E-state index in [2.05, 4.69) is 10.4 Å². The largest absolute Gasteiger partial charge is 0.442 e. The highest BCUT2D eigenvalue weighted by Crippen LogP contribution is 2.29. The van der Waals surface area contributed by atoms with Gasteiger partial charge in [-0.1, -0.05) is 29.8 Å². The molecule has 0 bridgehead atoms. The van der Waals surface area contributed by atoms with E-state index in [-0.39, 0.29) is 19.0 Å². The maximum atomic E-state index is 14.5. The number of ether oxygens (including phenoxy) is 1. The first kappa shape index (κ1) is 23.6. The normalized spacial score (nSPS) is 15.3. The van der Waals surface area contributed by atoms with Crippen LogP contribution in [0.2, 0.25) is 0 Å². The zero-order valence-corrected chi connectivity index (χ0v) is 17.7. The van der Waals surface area contributed by atoms with Crippen LogP contribution in [-0.4, -0.2) is 49.7 Å². The van der Waals surface area contributed by atoms with Crippen LogP contribution >= 0.6 is 0 Å². The van der Waals surface area contributed by atoms with Crippen molar-refractivity contribution in [2.75, 3.05) is 25.0 Å². The van der Waals surface area contributed by atoms with Crippen LogP contribution in [0.15, 0.2) is 47.6 Å². The van der Waals surface area contributed by atoms with Crippen LogP contribution in [0.25, 0.3) is 11.1 Å². The molecule has 0 spiro atoms. The highest BCUT2D eigenvalue weighted by molar-refractivity contribution is 5.90. The number of carbonyl (C=O) groups is 2. The lowest BCUT2D eigenvalue weighted by Crippen LogP contribution is -2.33. The summed E-state index contributed by atoms with van der Waals surface area (Å²) in [6.45, 7) is 3.87. The van der Waals surface area contributed by atoms with E-state index in [1.165, 1.54) is 17.9 Å². The van der Waals surface area contributed by atoms with Crippen LogP contribution in [0.5, 0.6) is 0 Å². The third-order valence-corrected chi connectivity index (χ3v) is 4.33. The number of hydrogen-bond donors (Lipinski definition) is 3. The molecule has 166 valence electrons. The van der Waals surface area contributed by atoms with Crippen molar-refractivity contribution in [1.29, 1.82) is 0 Å². The Bertz CT molecular complexity index is 933. The van der Waals surface area contributed by atoms with Gasteiger partial charge in [0.25, 0.3) is 0 Å². The van der Waals surface area contributed by atoms with Gasteiger partial charge in [-0.3, -0.25) is 9.69 Å². The number of hydrazine groups is 1. The molecule has 0 saturated carbocycles. The lowest BCUT2D eigenvalue weighted by Gasteiger charge is -2.14. The van der Waals surface area contributed by atoms with Gasteiger partial charge in [-0.05, 0) is 30.7 Å². The standard InChI is InChI=1S/C19H19FN2O3.C2H8N4/c1-12-3-5-14(6-4-12)17-8-7-15(9-18(17)20)22-11-16(25-19(22)24)10-21-13(2)23;1-6(4)5-2-3/h3-9,16H,10-11H2,1-2H3,(H,21,23);2H,4H2,1H3,(H2,3,5). The van der Waals surface area contributed by atoms with Gasteiger partial charge in [0.2, 0.25) is 5.91 Å². The molecule has 1 saturated heterocycles. The van der Waals surface area contributed by atoms with Crippen LogP contribution in [-0.2, 0) is 9.53 Å². The fourth-order valence-electron chi connectivity index (χ4n) is 2.84. The van der Waals surface area contributed by atoms with Crippen molar-refractivity contribution in [2.45, 2.75) is 20.0 Å². The number of hydrazone groups is 1. The van der Waals surface area contributed by atoms with Crippen LogP contribution < -0.4 is 21.8 Å². The maximum Gasteiger partial charge on any atom is 0.414 e. The molecular formula is C21H27FN6O3. The number of hydrogen-bond acceptors (Lipinski definition) is 6. The van der Waals surface area contributed by atoms with Crippen molar-refractivity contribution in [2.24, 2.45) is 16.7 Å². The summed E-state index contributed by atoms with van der Waals surface area (Å²) in [5, 5.41) is 7.12. The van der Waals surface area contributed by atoms with Crippen LogP contribution in [0.4, 0.5) is 14.9 Å². The number of cyclic esters (lactones) is 1. The quantitative estimate of drug-likeness (QED) is 0.288. The summed E-state index contributed by atoms with van der Waals surface area (Å²) in [6, 6.07) is 12.3. The first-order chi connectivity index (χ1) is 14.7. The highest BCUT2D eigenvalue weighted by Gasteiger charge is 2.32. The number of nitrogens with one attached hydrogen (secondary N) is 1. The summed E-state index contributed by atoms with van der Waals surface area (Å²) in [5.41, 5.74) is 7.61. The van der Waals surface area contributed by atoms with Crippen molar-refractivity contribution in [3.63, 3.8) is 0 Å². The molecule has 2 aromatic rings. The average molecular weight is 430 g/mol. The molecule has 9 nitrogen and oxygen atoms in total. The molecule has 5 N–H and O–H groups in total. The number of rotatable bonds is 5. The Labute approximate surface area is 180 Å². The SMILES string of the molecule is CC(=O)NCC1CN(c2ccc(-c3ccc(C)cc3)c(F)c2)C(=O)O1.CN(N)/N=C\N. The second kappa shape index (κ2) is 10.9. The molecule has 1 unspecified atom stereocenters. The molecule has 0 aliphatic carbocycles. The van der Waals surface area contributed by atoms with Crippen molar-refractivity contribution >= 4 is 24.0 Å². The lowest BCUT2D eigenvalue weighted by atomic mass is 10.0. The third-order valence-electron chi connectivity index (χ3n) is 4.33. The average Bonchev–Trinajstić information content (AvgIpc) is 3.08. The fourth-order valence-corrected chi connectivity index (χ4v) is 2.84. The predicted octanol–water partition coefficient (Wildman–Crippen LogP) is 1.96. The van der Waals surface area contributed by atoms with E-state index >= 15 is 0 Å². The van der Waals surface area contributed by atoms with Gasteiger partial charge >= 0.3 is 6.09 Å². The predicted molar refractivity (Wildman–Crippen MR) is 118 cm³/mol. The minimum atomic E-state index is -0.544. The van der Waals surface area contributed by atoms with E-state index in [9.17, 15) is 14.0 Å². The molecule has 3 rings (SSSR count). The summed E-state index contributed by atoms with van der Waals surface area (Å²) in [5.74, 6) is 4.36. The van der Waals surface area contributed by atoms with Crippen molar-refractivity contribution in [3.8, 4) is 11.1 Å². The number of anilines is 1. The van der Waals surface area contributed by atoms with E-state index < -0.39 is 18.0 Å². The number of halogens is 1. The molecule has 10 heteroatoms. The van der Waals surface area contributed by atoms with E-state index in [0.29, 0.717) is 11.3 Å². The Morgan fingerprint density at radius 1 is 1.35 bits per heavy atom. The summed E-state index contributed by atoms with van der Waals surface area (Å²) in [7, 11) is 1.59. The zero-order valence-electron chi connectivity index (χ0n) is 17.7. The van der Waals surface area contributed by atoms with Crippen molar-refractivity contribution in [1.82, 2.24) is 10.4 Å². The second-order valence-electron chi connectivity index (χ2n) is 6.92. The van der Waals surface area contributed by atoms with Gasteiger partial charge in [-0.25, -0.2) is 20.1 Å². The Kier molecular flexibility index (Phi) is 8.33. The molecule has 1 fully saturated rings. The monoisotopic (exact) mass is 430 g/mol. The molecule has 1 aliphatic heterocycles. The molecule has 2 aromatic carbocycles. The van der Waals surface area contributed by atoms with Crippen molar-refractivity contribution in [3.05, 3.63) is 53.8 Å². The van der Waals surface area contributed by atoms with Crippen LogP contribution in [0.3, 0.4) is 0 Å². The third kappa shape index (κ3) is 6.96. The van der Waals surface area contributed by atoms with Gasteiger partial charge < -0.3 is 15.8 Å². The van der Waals surface area contributed by atoms with E-state index in [0.717, 1.165) is 22.6 Å². The molecule has 2 amide bonds. The van der Waals surface area contributed by atoms with Gasteiger partial charge in [0.15, 0.2) is 0 Å². The van der Waals surface area contributed by atoms with Gasteiger partial charge in [0.1, 0.15) is 18.3 Å². The number of carbonyl (C=O) groups excluding carboxylic acids is 2. The fraction of sp³-hybridized carbons (Fsp3) is 0.286. The van der Waals surface area contributed by atoms with E-state index in [4.69, 9.17) is 16.3 Å². The Balaban J connectivity index is 0.000000501. The molecule has 0 aromatic heterocycles. The first-order valence-electron chi connectivity index (χ1n) is 9.53. The van der Waals surface area contributed by atoms with E-state index in [1.54, 1.807) is 19.2 Å². The lowest BCUT2D eigenvalue weighted by molar-refractivity contribution is -0.119. The Morgan fingerprint density at radius 3 is 2.55 bits per heavy atom. The summed E-state index contributed by atoms with van der Waals surface area (Å²) < 4.78 is 19.7. The minimum absolute atomic E-state index is 0.192. The van der Waals surface area contributed by atoms with Crippen LogP contribution in [0, 0.1) is 12.7 Å². The molecule has 1 atom stereocenters. The van der Waals surface area contributed by atoms with Gasteiger partial charge in [-0.15, -0.1) is 0 Å². The van der Waals surface area contributed by atoms with Crippen molar-refractivity contribution < 1.29 is 18.7 Å². The number of nitrogens with two attached hydrogens (primary N) is 2. The minimum Gasteiger partial charge on any atom is -0.442 e. The van der Waals surface area contributed by atoms with E-state index in [1.807, 2.05) is 31.2 Å². The zero-order chi connectivity index (χ0) is 23.0. The van der Waals surface area contributed by atoms with Gasteiger partial charge in [-0.2, -0.15) is 5.10 Å². The maximum absolute atomic E-state index is 14.5. The van der Waals surface area contributed by atoms with Crippen LogP contribution in [0.1, 0.15) is 12.5 Å². The van der Waals surface area contributed by atoms with Gasteiger partial charge in [0.05, 0.1) is 18.8 Å². The first-order valence-corrected chi connectivity index (χ1v) is 9.53. The Morgan fingerprint density at radius 2 is 2.03 bits per heavy atom. The molecule has 1 aliphatic rings. The Hall–Kier alpha value is -3.66. The molecule has 0 radical (unpaired) electrons. The highest BCUT2D eigenvalue weighted by atomic mass is 19.1. The summed E-state index contributed by atoms with van der Waals surface area (Å²) in [4.78, 5) is 24.3. The molecule has 1 heterocycles. The molecule has 31 heavy (non-hydrogen) atoms.